The number of Topliss-reactive ketones (excluding diaryl/α,β-unsaturated/α-hetero) is 1. The molecule has 0 bridgehead atoms. The highest BCUT2D eigenvalue weighted by Gasteiger charge is 2.46. The Kier molecular flexibility index (Phi) is 3.18. The summed E-state index contributed by atoms with van der Waals surface area (Å²) in [6, 6.07) is 25.4. The highest BCUT2D eigenvalue weighted by atomic mass is 16.1. The van der Waals surface area contributed by atoms with Crippen LogP contribution >= 0.6 is 0 Å². The number of carbonyl (C=O) groups excluding carboxylic acids is 1. The van der Waals surface area contributed by atoms with Crippen molar-refractivity contribution in [2.75, 3.05) is 0 Å². The van der Waals surface area contributed by atoms with Gasteiger partial charge in [0.2, 0.25) is 0 Å². The fourth-order valence-electron chi connectivity index (χ4n) is 4.63. The standard InChI is InChI=1S/C24H20O/c25-23-22-14-19(17-6-2-1-3-7-17)10-11-21(22)16-24(23)13-12-18-8-4-5-9-20(18)15-24/h1-11,14H,12-13,15-16H2. The van der Waals surface area contributed by atoms with Gasteiger partial charge in [-0.05, 0) is 59.6 Å². The molecule has 3 aromatic carbocycles. The van der Waals surface area contributed by atoms with Crippen molar-refractivity contribution in [1.82, 2.24) is 0 Å². The lowest BCUT2D eigenvalue weighted by atomic mass is 9.69. The largest absolute Gasteiger partial charge is 0.294 e. The van der Waals surface area contributed by atoms with Crippen molar-refractivity contribution in [3.63, 3.8) is 0 Å². The van der Waals surface area contributed by atoms with Crippen molar-refractivity contribution < 1.29 is 4.79 Å². The molecule has 2 aliphatic rings. The molecule has 2 aliphatic carbocycles. The Morgan fingerprint density at radius 1 is 0.680 bits per heavy atom. The van der Waals surface area contributed by atoms with Crippen LogP contribution in [0.2, 0.25) is 0 Å². The van der Waals surface area contributed by atoms with Gasteiger partial charge in [0, 0.05) is 11.0 Å². The molecule has 0 N–H and O–H groups in total. The van der Waals surface area contributed by atoms with E-state index in [9.17, 15) is 4.79 Å². The molecular weight excluding hydrogens is 304 g/mol. The zero-order valence-electron chi connectivity index (χ0n) is 14.2. The van der Waals surface area contributed by atoms with E-state index < -0.39 is 0 Å². The predicted molar refractivity (Wildman–Crippen MR) is 101 cm³/mol. The Morgan fingerprint density at radius 2 is 1.40 bits per heavy atom. The van der Waals surface area contributed by atoms with Crippen LogP contribution < -0.4 is 0 Å². The van der Waals surface area contributed by atoms with Gasteiger partial charge >= 0.3 is 0 Å². The average Bonchev–Trinajstić information content (AvgIpc) is 2.93. The van der Waals surface area contributed by atoms with Gasteiger partial charge in [-0.1, -0.05) is 66.7 Å². The van der Waals surface area contributed by atoms with E-state index >= 15 is 0 Å². The lowest BCUT2D eigenvalue weighted by Gasteiger charge is -2.33. The minimum atomic E-state index is -0.216. The lowest BCUT2D eigenvalue weighted by Crippen LogP contribution is -2.34. The maximum absolute atomic E-state index is 13.4. The first kappa shape index (κ1) is 14.7. The smallest absolute Gasteiger partial charge is 0.169 e. The highest BCUT2D eigenvalue weighted by molar-refractivity contribution is 6.06. The van der Waals surface area contributed by atoms with E-state index in [0.717, 1.165) is 36.8 Å². The maximum atomic E-state index is 13.4. The Morgan fingerprint density at radius 3 is 2.24 bits per heavy atom. The summed E-state index contributed by atoms with van der Waals surface area (Å²) in [5, 5.41) is 0. The molecule has 0 heterocycles. The van der Waals surface area contributed by atoms with E-state index in [2.05, 4.69) is 54.6 Å². The summed E-state index contributed by atoms with van der Waals surface area (Å²) in [5.74, 6) is 0.356. The third kappa shape index (κ3) is 2.26. The second-order valence-corrected chi connectivity index (χ2v) is 7.47. The number of ketones is 1. The average molecular weight is 324 g/mol. The molecule has 0 saturated carbocycles. The molecule has 25 heavy (non-hydrogen) atoms. The molecule has 1 unspecified atom stereocenters. The van der Waals surface area contributed by atoms with Gasteiger partial charge in [0.05, 0.1) is 0 Å². The van der Waals surface area contributed by atoms with Crippen LogP contribution in [0.4, 0.5) is 0 Å². The number of aryl methyl sites for hydroxylation is 1. The van der Waals surface area contributed by atoms with Gasteiger partial charge in [-0.2, -0.15) is 0 Å². The zero-order valence-corrected chi connectivity index (χ0v) is 14.2. The van der Waals surface area contributed by atoms with Crippen molar-refractivity contribution in [1.29, 1.82) is 0 Å². The van der Waals surface area contributed by atoms with Crippen LogP contribution in [0.1, 0.15) is 33.5 Å². The summed E-state index contributed by atoms with van der Waals surface area (Å²) in [4.78, 5) is 13.4. The van der Waals surface area contributed by atoms with Gasteiger partial charge in [0.25, 0.3) is 0 Å². The summed E-state index contributed by atoms with van der Waals surface area (Å²) in [6.07, 6.45) is 3.77. The third-order valence-electron chi connectivity index (χ3n) is 5.99. The first-order valence-corrected chi connectivity index (χ1v) is 9.05. The normalized spacial score (nSPS) is 21.2. The molecule has 1 atom stereocenters. The summed E-state index contributed by atoms with van der Waals surface area (Å²) in [5.41, 5.74) is 7.05. The van der Waals surface area contributed by atoms with Gasteiger partial charge in [0.1, 0.15) is 0 Å². The van der Waals surface area contributed by atoms with E-state index in [1.807, 2.05) is 18.2 Å². The molecular formula is C24H20O. The number of hydrogen-bond acceptors (Lipinski definition) is 1. The Balaban J connectivity index is 1.54. The van der Waals surface area contributed by atoms with Gasteiger partial charge in [-0.3, -0.25) is 4.79 Å². The fraction of sp³-hybridized carbons (Fsp3) is 0.208. The lowest BCUT2D eigenvalue weighted by molar-refractivity contribution is 0.0794. The Bertz CT molecular complexity index is 970. The van der Waals surface area contributed by atoms with Crippen molar-refractivity contribution in [2.45, 2.75) is 25.7 Å². The van der Waals surface area contributed by atoms with Crippen molar-refractivity contribution in [2.24, 2.45) is 5.41 Å². The van der Waals surface area contributed by atoms with Crippen molar-refractivity contribution in [3.05, 3.63) is 95.1 Å². The van der Waals surface area contributed by atoms with Crippen molar-refractivity contribution >= 4 is 5.78 Å². The number of carbonyl (C=O) groups is 1. The highest BCUT2D eigenvalue weighted by Crippen LogP contribution is 2.46. The van der Waals surface area contributed by atoms with Crippen LogP contribution in [0.3, 0.4) is 0 Å². The molecule has 1 spiro atoms. The Labute approximate surface area is 148 Å². The van der Waals surface area contributed by atoms with Gasteiger partial charge in [-0.25, -0.2) is 0 Å². The number of benzene rings is 3. The molecule has 5 rings (SSSR count). The number of hydrogen-bond donors (Lipinski definition) is 0. The topological polar surface area (TPSA) is 17.1 Å². The van der Waals surface area contributed by atoms with E-state index in [1.54, 1.807) is 0 Å². The van der Waals surface area contributed by atoms with Crippen LogP contribution in [0, 0.1) is 5.41 Å². The molecule has 0 aromatic heterocycles. The van der Waals surface area contributed by atoms with Gasteiger partial charge in [-0.15, -0.1) is 0 Å². The molecule has 0 saturated heterocycles. The predicted octanol–water partition coefficient (Wildman–Crippen LogP) is 5.27. The van der Waals surface area contributed by atoms with Crippen LogP contribution in [0.25, 0.3) is 11.1 Å². The Hall–Kier alpha value is -2.67. The third-order valence-corrected chi connectivity index (χ3v) is 5.99. The van der Waals surface area contributed by atoms with Crippen LogP contribution in [0.5, 0.6) is 0 Å². The van der Waals surface area contributed by atoms with Crippen LogP contribution in [-0.4, -0.2) is 5.78 Å². The number of fused-ring (bicyclic) bond motifs is 2. The van der Waals surface area contributed by atoms with Gasteiger partial charge < -0.3 is 0 Å². The fourth-order valence-corrected chi connectivity index (χ4v) is 4.63. The summed E-state index contributed by atoms with van der Waals surface area (Å²) in [7, 11) is 0. The van der Waals surface area contributed by atoms with Gasteiger partial charge in [0.15, 0.2) is 5.78 Å². The van der Waals surface area contributed by atoms with Crippen LogP contribution in [0.15, 0.2) is 72.8 Å². The summed E-state index contributed by atoms with van der Waals surface area (Å²) >= 11 is 0. The molecule has 0 fully saturated rings. The van der Waals surface area contributed by atoms with E-state index in [1.165, 1.54) is 22.3 Å². The number of rotatable bonds is 1. The second kappa shape index (κ2) is 5.42. The minimum absolute atomic E-state index is 0.216. The van der Waals surface area contributed by atoms with E-state index in [0.29, 0.717) is 5.78 Å². The molecule has 3 aromatic rings. The van der Waals surface area contributed by atoms with Crippen LogP contribution in [-0.2, 0) is 19.3 Å². The molecule has 0 radical (unpaired) electrons. The molecule has 1 nitrogen and oxygen atoms in total. The molecule has 0 aliphatic heterocycles. The summed E-state index contributed by atoms with van der Waals surface area (Å²) in [6.45, 7) is 0. The van der Waals surface area contributed by atoms with E-state index in [4.69, 9.17) is 0 Å². The first-order chi connectivity index (χ1) is 12.3. The molecule has 1 heteroatoms. The first-order valence-electron chi connectivity index (χ1n) is 9.05. The van der Waals surface area contributed by atoms with Crippen molar-refractivity contribution in [3.8, 4) is 11.1 Å². The monoisotopic (exact) mass is 324 g/mol. The molecule has 0 amide bonds. The quantitative estimate of drug-likeness (QED) is 0.596. The maximum Gasteiger partial charge on any atom is 0.169 e. The van der Waals surface area contributed by atoms with E-state index in [-0.39, 0.29) is 5.41 Å². The zero-order chi connectivity index (χ0) is 16.9. The second-order valence-electron chi connectivity index (χ2n) is 7.47. The minimum Gasteiger partial charge on any atom is -0.294 e. The molecule has 122 valence electrons. The SMILES string of the molecule is O=C1c2cc(-c3ccccc3)ccc2CC12CCc1ccccc1C2. The summed E-state index contributed by atoms with van der Waals surface area (Å²) < 4.78 is 0.